The first-order chi connectivity index (χ1) is 9.95. The van der Waals surface area contributed by atoms with Crippen LogP contribution >= 0.6 is 0 Å². The summed E-state index contributed by atoms with van der Waals surface area (Å²) in [5, 5.41) is 6.72. The summed E-state index contributed by atoms with van der Waals surface area (Å²) in [7, 11) is 0. The lowest BCUT2D eigenvalue weighted by Crippen LogP contribution is -2.09. The monoisotopic (exact) mass is 284 g/mol. The summed E-state index contributed by atoms with van der Waals surface area (Å²) >= 11 is 0. The minimum Gasteiger partial charge on any atom is -0.370 e. The standard InChI is InChI=1S/C17H24N4/c1-11(2)9-18-15-8-16(20-10-19-15)21-17-13(4)6-12(3)7-14(17)5/h6-8,10-11H,9H2,1-5H3,(H2,18,19,20,21). The minimum atomic E-state index is 0.581. The zero-order chi connectivity index (χ0) is 15.4. The van der Waals surface area contributed by atoms with Gasteiger partial charge in [-0.15, -0.1) is 0 Å². The predicted octanol–water partition coefficient (Wildman–Crippen LogP) is 4.21. The molecule has 0 aliphatic carbocycles. The lowest BCUT2D eigenvalue weighted by molar-refractivity contribution is 0.687. The van der Waals surface area contributed by atoms with Gasteiger partial charge < -0.3 is 10.6 Å². The highest BCUT2D eigenvalue weighted by molar-refractivity contribution is 5.66. The normalized spacial score (nSPS) is 10.8. The smallest absolute Gasteiger partial charge is 0.135 e. The van der Waals surface area contributed by atoms with E-state index in [0.717, 1.165) is 23.9 Å². The highest BCUT2D eigenvalue weighted by atomic mass is 15.1. The second-order valence-corrected chi connectivity index (χ2v) is 5.96. The highest BCUT2D eigenvalue weighted by Gasteiger charge is 2.06. The van der Waals surface area contributed by atoms with Gasteiger partial charge in [-0.25, -0.2) is 9.97 Å². The largest absolute Gasteiger partial charge is 0.370 e. The Kier molecular flexibility index (Phi) is 4.78. The number of benzene rings is 1. The van der Waals surface area contributed by atoms with Crippen LogP contribution in [0.5, 0.6) is 0 Å². The van der Waals surface area contributed by atoms with Gasteiger partial charge in [-0.2, -0.15) is 0 Å². The van der Waals surface area contributed by atoms with Crippen molar-refractivity contribution in [3.05, 3.63) is 41.2 Å². The molecule has 0 saturated heterocycles. The van der Waals surface area contributed by atoms with E-state index in [1.165, 1.54) is 16.7 Å². The van der Waals surface area contributed by atoms with Gasteiger partial charge in [0.1, 0.15) is 18.0 Å². The van der Waals surface area contributed by atoms with Crippen LogP contribution in [0.4, 0.5) is 17.3 Å². The maximum Gasteiger partial charge on any atom is 0.135 e. The molecule has 0 amide bonds. The number of rotatable bonds is 5. The second kappa shape index (κ2) is 6.57. The molecule has 0 atom stereocenters. The summed E-state index contributed by atoms with van der Waals surface area (Å²) in [5.74, 6) is 2.24. The summed E-state index contributed by atoms with van der Waals surface area (Å²) in [6.07, 6.45) is 1.59. The fourth-order valence-electron chi connectivity index (χ4n) is 2.34. The third-order valence-electron chi connectivity index (χ3n) is 3.29. The number of aromatic nitrogens is 2. The summed E-state index contributed by atoms with van der Waals surface area (Å²) in [4.78, 5) is 8.55. The van der Waals surface area contributed by atoms with Crippen molar-refractivity contribution in [3.63, 3.8) is 0 Å². The zero-order valence-electron chi connectivity index (χ0n) is 13.5. The van der Waals surface area contributed by atoms with Crippen molar-refractivity contribution in [2.45, 2.75) is 34.6 Å². The van der Waals surface area contributed by atoms with Crippen LogP contribution in [-0.4, -0.2) is 16.5 Å². The molecule has 4 nitrogen and oxygen atoms in total. The van der Waals surface area contributed by atoms with Gasteiger partial charge in [0, 0.05) is 18.3 Å². The number of nitrogens with zero attached hydrogens (tertiary/aromatic N) is 2. The van der Waals surface area contributed by atoms with E-state index in [4.69, 9.17) is 0 Å². The van der Waals surface area contributed by atoms with Gasteiger partial charge >= 0.3 is 0 Å². The number of hydrogen-bond donors (Lipinski definition) is 2. The summed E-state index contributed by atoms with van der Waals surface area (Å²) < 4.78 is 0. The van der Waals surface area contributed by atoms with Crippen LogP contribution in [0.1, 0.15) is 30.5 Å². The van der Waals surface area contributed by atoms with E-state index in [1.807, 2.05) is 6.07 Å². The fourth-order valence-corrected chi connectivity index (χ4v) is 2.34. The SMILES string of the molecule is Cc1cc(C)c(Nc2cc(NCC(C)C)ncn2)c(C)c1. The van der Waals surface area contributed by atoms with Crippen LogP contribution in [0.2, 0.25) is 0 Å². The van der Waals surface area contributed by atoms with Gasteiger partial charge in [0.2, 0.25) is 0 Å². The van der Waals surface area contributed by atoms with E-state index < -0.39 is 0 Å². The predicted molar refractivity (Wildman–Crippen MR) is 89.3 cm³/mol. The Hall–Kier alpha value is -2.10. The molecule has 112 valence electrons. The Balaban J connectivity index is 2.18. The molecule has 1 heterocycles. The molecule has 1 aromatic carbocycles. The van der Waals surface area contributed by atoms with Crippen molar-refractivity contribution < 1.29 is 0 Å². The molecule has 0 fully saturated rings. The van der Waals surface area contributed by atoms with Gasteiger partial charge in [0.15, 0.2) is 0 Å². The Morgan fingerprint density at radius 2 is 1.57 bits per heavy atom. The first-order valence-corrected chi connectivity index (χ1v) is 7.36. The van der Waals surface area contributed by atoms with Crippen molar-refractivity contribution in [3.8, 4) is 0 Å². The molecular weight excluding hydrogens is 260 g/mol. The number of anilines is 3. The molecule has 0 aliphatic rings. The molecule has 2 N–H and O–H groups in total. The van der Waals surface area contributed by atoms with Crippen molar-refractivity contribution in [1.29, 1.82) is 0 Å². The Labute approximate surface area is 127 Å². The Bertz CT molecular complexity index is 597. The topological polar surface area (TPSA) is 49.8 Å². The molecule has 21 heavy (non-hydrogen) atoms. The minimum absolute atomic E-state index is 0.581. The Morgan fingerprint density at radius 3 is 2.19 bits per heavy atom. The lowest BCUT2D eigenvalue weighted by atomic mass is 10.1. The van der Waals surface area contributed by atoms with E-state index in [0.29, 0.717) is 5.92 Å². The molecule has 0 bridgehead atoms. The molecule has 0 radical (unpaired) electrons. The quantitative estimate of drug-likeness (QED) is 0.863. The van der Waals surface area contributed by atoms with Crippen LogP contribution in [0, 0.1) is 26.7 Å². The van der Waals surface area contributed by atoms with E-state index in [9.17, 15) is 0 Å². The van der Waals surface area contributed by atoms with Gasteiger partial charge in [-0.1, -0.05) is 31.5 Å². The van der Waals surface area contributed by atoms with Gasteiger partial charge in [-0.3, -0.25) is 0 Å². The molecule has 0 aliphatic heterocycles. The van der Waals surface area contributed by atoms with E-state index in [1.54, 1.807) is 6.33 Å². The highest BCUT2D eigenvalue weighted by Crippen LogP contribution is 2.25. The van der Waals surface area contributed by atoms with E-state index in [-0.39, 0.29) is 0 Å². The molecule has 4 heteroatoms. The third kappa shape index (κ3) is 4.18. The van der Waals surface area contributed by atoms with Gasteiger partial charge in [-0.05, 0) is 37.8 Å². The number of nitrogens with one attached hydrogen (secondary N) is 2. The Morgan fingerprint density at radius 1 is 0.952 bits per heavy atom. The third-order valence-corrected chi connectivity index (χ3v) is 3.29. The first-order valence-electron chi connectivity index (χ1n) is 7.36. The molecule has 2 rings (SSSR count). The van der Waals surface area contributed by atoms with Crippen LogP contribution in [0.3, 0.4) is 0 Å². The second-order valence-electron chi connectivity index (χ2n) is 5.96. The van der Waals surface area contributed by atoms with Crippen LogP contribution in [-0.2, 0) is 0 Å². The summed E-state index contributed by atoms with van der Waals surface area (Å²) in [5.41, 5.74) is 4.84. The first kappa shape index (κ1) is 15.3. The molecule has 2 aromatic rings. The fraction of sp³-hybridized carbons (Fsp3) is 0.412. The van der Waals surface area contributed by atoms with Crippen molar-refractivity contribution >= 4 is 17.3 Å². The van der Waals surface area contributed by atoms with Gasteiger partial charge in [0.25, 0.3) is 0 Å². The van der Waals surface area contributed by atoms with Crippen molar-refractivity contribution in [2.75, 3.05) is 17.2 Å². The average Bonchev–Trinajstić information content (AvgIpc) is 2.41. The summed E-state index contributed by atoms with van der Waals surface area (Å²) in [6.45, 7) is 11.6. The molecule has 0 spiro atoms. The lowest BCUT2D eigenvalue weighted by Gasteiger charge is -2.14. The average molecular weight is 284 g/mol. The van der Waals surface area contributed by atoms with E-state index >= 15 is 0 Å². The maximum absolute atomic E-state index is 4.30. The van der Waals surface area contributed by atoms with Crippen LogP contribution in [0.25, 0.3) is 0 Å². The van der Waals surface area contributed by atoms with Crippen LogP contribution < -0.4 is 10.6 Å². The van der Waals surface area contributed by atoms with Crippen LogP contribution in [0.15, 0.2) is 24.5 Å². The summed E-state index contributed by atoms with van der Waals surface area (Å²) in [6, 6.07) is 6.30. The van der Waals surface area contributed by atoms with E-state index in [2.05, 4.69) is 67.4 Å². The van der Waals surface area contributed by atoms with Crippen molar-refractivity contribution in [2.24, 2.45) is 5.92 Å². The number of hydrogen-bond acceptors (Lipinski definition) is 4. The van der Waals surface area contributed by atoms with Crippen molar-refractivity contribution in [1.82, 2.24) is 9.97 Å². The molecule has 0 saturated carbocycles. The maximum atomic E-state index is 4.30. The molecule has 1 aromatic heterocycles. The number of aryl methyl sites for hydroxylation is 3. The molecule has 0 unspecified atom stereocenters. The van der Waals surface area contributed by atoms with Gasteiger partial charge in [0.05, 0.1) is 0 Å². The molecular formula is C17H24N4. The zero-order valence-corrected chi connectivity index (χ0v) is 13.5.